The van der Waals surface area contributed by atoms with E-state index in [0.29, 0.717) is 29.3 Å². The molecule has 0 radical (unpaired) electrons. The number of nitrogens with one attached hydrogen (secondary N) is 1. The van der Waals surface area contributed by atoms with Crippen molar-refractivity contribution in [2.75, 3.05) is 30.1 Å². The van der Waals surface area contributed by atoms with Crippen LogP contribution in [0.3, 0.4) is 0 Å². The van der Waals surface area contributed by atoms with Crippen LogP contribution in [0.4, 0.5) is 11.4 Å². The molecule has 0 bridgehead atoms. The Morgan fingerprint density at radius 2 is 1.75 bits per heavy atom. The molecule has 2 rings (SSSR count). The second kappa shape index (κ2) is 8.97. The third-order valence-electron chi connectivity index (χ3n) is 4.27. The molecule has 2 aromatic rings. The molecule has 1 atom stereocenters. The molecule has 1 amide bonds. The summed E-state index contributed by atoms with van der Waals surface area (Å²) in [5, 5.41) is 2.80. The van der Waals surface area contributed by atoms with Crippen LogP contribution in [0.25, 0.3) is 0 Å². The lowest BCUT2D eigenvalue weighted by Crippen LogP contribution is -2.47. The summed E-state index contributed by atoms with van der Waals surface area (Å²) < 4.78 is 36.6. The van der Waals surface area contributed by atoms with Gasteiger partial charge in [-0.2, -0.15) is 0 Å². The van der Waals surface area contributed by atoms with Crippen LogP contribution >= 0.6 is 0 Å². The van der Waals surface area contributed by atoms with Crippen LogP contribution in [0.15, 0.2) is 42.5 Å². The van der Waals surface area contributed by atoms with Gasteiger partial charge in [-0.3, -0.25) is 9.10 Å². The predicted octanol–water partition coefficient (Wildman–Crippen LogP) is 3.20. The normalized spacial score (nSPS) is 12.2. The number of carbonyl (C=O) groups is 1. The maximum Gasteiger partial charge on any atom is 0.248 e. The Morgan fingerprint density at radius 3 is 2.25 bits per heavy atom. The van der Waals surface area contributed by atoms with Crippen molar-refractivity contribution in [1.29, 1.82) is 0 Å². The molecule has 0 heterocycles. The molecule has 0 spiro atoms. The van der Waals surface area contributed by atoms with Crippen LogP contribution in [0, 0.1) is 6.92 Å². The van der Waals surface area contributed by atoms with Gasteiger partial charge in [0.05, 0.1) is 31.9 Å². The van der Waals surface area contributed by atoms with Crippen LogP contribution in [-0.4, -0.2) is 40.8 Å². The zero-order chi connectivity index (χ0) is 20.9. The monoisotopic (exact) mass is 406 g/mol. The minimum atomic E-state index is -3.71. The molecule has 0 saturated heterocycles. The summed E-state index contributed by atoms with van der Waals surface area (Å²) >= 11 is 0. The number of ether oxygens (including phenoxy) is 2. The molecular weight excluding hydrogens is 380 g/mol. The largest absolute Gasteiger partial charge is 0.497 e. The Balaban J connectivity index is 2.40. The van der Waals surface area contributed by atoms with E-state index in [1.807, 2.05) is 13.0 Å². The second-order valence-electron chi connectivity index (χ2n) is 6.37. The molecule has 0 aliphatic carbocycles. The SMILES string of the molecule is CC[C@H](C(=O)Nc1cc(C)ccc1OC)N(c1ccc(OC)cc1)S(C)(=O)=O. The fourth-order valence-electron chi connectivity index (χ4n) is 2.92. The maximum atomic E-state index is 13.0. The van der Waals surface area contributed by atoms with Crippen LogP contribution in [-0.2, 0) is 14.8 Å². The highest BCUT2D eigenvalue weighted by atomic mass is 32.2. The van der Waals surface area contributed by atoms with Gasteiger partial charge in [-0.1, -0.05) is 13.0 Å². The highest BCUT2D eigenvalue weighted by molar-refractivity contribution is 7.92. The van der Waals surface area contributed by atoms with Crippen LogP contribution < -0.4 is 19.1 Å². The minimum Gasteiger partial charge on any atom is -0.497 e. The van der Waals surface area contributed by atoms with Crippen LogP contribution in [0.5, 0.6) is 11.5 Å². The van der Waals surface area contributed by atoms with E-state index in [4.69, 9.17) is 9.47 Å². The van der Waals surface area contributed by atoms with E-state index in [-0.39, 0.29) is 0 Å². The van der Waals surface area contributed by atoms with Gasteiger partial charge < -0.3 is 14.8 Å². The zero-order valence-electron chi connectivity index (χ0n) is 16.7. The number of nitrogens with zero attached hydrogens (tertiary/aromatic N) is 1. The van der Waals surface area contributed by atoms with E-state index in [2.05, 4.69) is 5.32 Å². The van der Waals surface area contributed by atoms with Crippen molar-refractivity contribution in [1.82, 2.24) is 0 Å². The molecule has 2 aromatic carbocycles. The highest BCUT2D eigenvalue weighted by Crippen LogP contribution is 2.28. The third-order valence-corrected chi connectivity index (χ3v) is 5.45. The number of carbonyl (C=O) groups excluding carboxylic acids is 1. The number of benzene rings is 2. The molecule has 0 unspecified atom stereocenters. The maximum absolute atomic E-state index is 13.0. The summed E-state index contributed by atoms with van der Waals surface area (Å²) in [4.78, 5) is 13.0. The lowest BCUT2D eigenvalue weighted by Gasteiger charge is -2.30. The van der Waals surface area contributed by atoms with E-state index in [0.717, 1.165) is 16.1 Å². The molecule has 0 saturated carbocycles. The van der Waals surface area contributed by atoms with Gasteiger partial charge in [-0.05, 0) is 55.3 Å². The first-order valence-corrected chi connectivity index (χ1v) is 10.6. The van der Waals surface area contributed by atoms with Gasteiger partial charge in [-0.15, -0.1) is 0 Å². The quantitative estimate of drug-likeness (QED) is 0.728. The summed E-state index contributed by atoms with van der Waals surface area (Å²) in [6, 6.07) is 11.0. The topological polar surface area (TPSA) is 84.9 Å². The number of amides is 1. The first-order valence-electron chi connectivity index (χ1n) is 8.80. The standard InChI is InChI=1S/C20H26N2O5S/c1-6-18(20(23)21-17-13-14(2)7-12-19(17)27-4)22(28(5,24)25)15-8-10-16(26-3)11-9-15/h7-13,18H,6H2,1-5H3,(H,21,23)/t18-/m1/s1. The van der Waals surface area contributed by atoms with Crippen LogP contribution in [0.1, 0.15) is 18.9 Å². The lowest BCUT2D eigenvalue weighted by atomic mass is 10.1. The number of methoxy groups -OCH3 is 2. The molecule has 8 heteroatoms. The summed E-state index contributed by atoms with van der Waals surface area (Å²) in [7, 11) is -0.669. The summed E-state index contributed by atoms with van der Waals surface area (Å²) in [6.45, 7) is 3.66. The van der Waals surface area contributed by atoms with Crippen molar-refractivity contribution in [2.45, 2.75) is 26.3 Å². The van der Waals surface area contributed by atoms with Crippen molar-refractivity contribution in [2.24, 2.45) is 0 Å². The molecule has 7 nitrogen and oxygen atoms in total. The average molecular weight is 407 g/mol. The predicted molar refractivity (Wildman–Crippen MR) is 111 cm³/mol. The number of aryl methyl sites for hydroxylation is 1. The van der Waals surface area contributed by atoms with Gasteiger partial charge >= 0.3 is 0 Å². The number of anilines is 2. The van der Waals surface area contributed by atoms with Crippen molar-refractivity contribution < 1.29 is 22.7 Å². The Kier molecular flexibility index (Phi) is 6.90. The van der Waals surface area contributed by atoms with Crippen molar-refractivity contribution in [3.63, 3.8) is 0 Å². The van der Waals surface area contributed by atoms with Crippen molar-refractivity contribution >= 4 is 27.3 Å². The summed E-state index contributed by atoms with van der Waals surface area (Å²) in [6.07, 6.45) is 1.37. The minimum absolute atomic E-state index is 0.291. The molecule has 1 N–H and O–H groups in total. The molecule has 0 aliphatic heterocycles. The Morgan fingerprint density at radius 1 is 1.11 bits per heavy atom. The van der Waals surface area contributed by atoms with Gasteiger partial charge in [0.15, 0.2) is 0 Å². The zero-order valence-corrected chi connectivity index (χ0v) is 17.5. The Labute approximate surface area is 166 Å². The first kappa shape index (κ1) is 21.6. The van der Waals surface area contributed by atoms with Crippen molar-refractivity contribution in [3.05, 3.63) is 48.0 Å². The molecule has 152 valence electrons. The molecule has 0 aliphatic rings. The van der Waals surface area contributed by atoms with E-state index in [1.54, 1.807) is 43.3 Å². The molecular formula is C20H26N2O5S. The van der Waals surface area contributed by atoms with Gasteiger partial charge in [0, 0.05) is 0 Å². The van der Waals surface area contributed by atoms with E-state index >= 15 is 0 Å². The number of hydrogen-bond donors (Lipinski definition) is 1. The highest BCUT2D eigenvalue weighted by Gasteiger charge is 2.32. The molecule has 0 aromatic heterocycles. The fraction of sp³-hybridized carbons (Fsp3) is 0.350. The summed E-state index contributed by atoms with van der Waals surface area (Å²) in [5.41, 5.74) is 1.83. The molecule has 0 fully saturated rings. The van der Waals surface area contributed by atoms with E-state index in [9.17, 15) is 13.2 Å². The van der Waals surface area contributed by atoms with Crippen molar-refractivity contribution in [3.8, 4) is 11.5 Å². The third kappa shape index (κ3) is 4.95. The molecule has 28 heavy (non-hydrogen) atoms. The smallest absolute Gasteiger partial charge is 0.248 e. The van der Waals surface area contributed by atoms with E-state index < -0.39 is 22.0 Å². The average Bonchev–Trinajstić information content (AvgIpc) is 2.65. The number of rotatable bonds is 8. The lowest BCUT2D eigenvalue weighted by molar-refractivity contribution is -0.117. The summed E-state index contributed by atoms with van der Waals surface area (Å²) in [5.74, 6) is 0.663. The van der Waals surface area contributed by atoms with Gasteiger partial charge in [0.25, 0.3) is 0 Å². The van der Waals surface area contributed by atoms with Gasteiger partial charge in [0.2, 0.25) is 15.9 Å². The number of hydrogen-bond acceptors (Lipinski definition) is 5. The number of sulfonamides is 1. The Bertz CT molecular complexity index is 926. The second-order valence-corrected chi connectivity index (χ2v) is 8.23. The van der Waals surface area contributed by atoms with Gasteiger partial charge in [0.1, 0.15) is 17.5 Å². The first-order chi connectivity index (χ1) is 13.2. The van der Waals surface area contributed by atoms with E-state index in [1.165, 1.54) is 14.2 Å². The fourth-order valence-corrected chi connectivity index (χ4v) is 4.14. The Hall–Kier alpha value is -2.74. The van der Waals surface area contributed by atoms with Crippen LogP contribution in [0.2, 0.25) is 0 Å². The van der Waals surface area contributed by atoms with Gasteiger partial charge in [-0.25, -0.2) is 8.42 Å².